The highest BCUT2D eigenvalue weighted by Crippen LogP contribution is 2.20. The summed E-state index contributed by atoms with van der Waals surface area (Å²) in [4.78, 5) is 7.53. The number of hydrogen-bond acceptors (Lipinski definition) is 4. The molecule has 0 aliphatic rings. The van der Waals surface area contributed by atoms with E-state index in [2.05, 4.69) is 15.1 Å². The molecule has 5 nitrogen and oxygen atoms in total. The van der Waals surface area contributed by atoms with Gasteiger partial charge in [-0.05, 0) is 30.6 Å². The zero-order valence-corrected chi connectivity index (χ0v) is 9.13. The molecule has 0 aliphatic heterocycles. The largest absolute Gasteiger partial charge is 0.409 e. The standard InChI is InChI=1S/C12H11FN4O/c1-7-2-8(4-11(16-7)12(14)17-18)9-3-10(13)6-15-5-9/h2-6,18H,1H3,(H2,14,17)/i1D3. The molecule has 2 heterocycles. The number of halogens is 1. The van der Waals surface area contributed by atoms with Gasteiger partial charge in [-0.2, -0.15) is 0 Å². The monoisotopic (exact) mass is 249 g/mol. The number of nitrogens with two attached hydrogens (primary N) is 1. The predicted molar refractivity (Wildman–Crippen MR) is 64.7 cm³/mol. The molecule has 2 rings (SSSR count). The van der Waals surface area contributed by atoms with Gasteiger partial charge in [0.2, 0.25) is 0 Å². The molecule has 0 amide bonds. The molecular weight excluding hydrogens is 235 g/mol. The summed E-state index contributed by atoms with van der Waals surface area (Å²) < 4.78 is 35.5. The Balaban J connectivity index is 2.66. The number of nitrogens with zero attached hydrogens (tertiary/aromatic N) is 3. The van der Waals surface area contributed by atoms with Gasteiger partial charge in [-0.3, -0.25) is 4.98 Å². The second kappa shape index (κ2) is 4.79. The van der Waals surface area contributed by atoms with Crippen LogP contribution >= 0.6 is 0 Å². The summed E-state index contributed by atoms with van der Waals surface area (Å²) in [7, 11) is 0. The third-order valence-corrected chi connectivity index (χ3v) is 2.23. The minimum atomic E-state index is -2.48. The fourth-order valence-electron chi connectivity index (χ4n) is 1.45. The maximum absolute atomic E-state index is 13.2. The van der Waals surface area contributed by atoms with Gasteiger partial charge in [0.25, 0.3) is 0 Å². The Hall–Kier alpha value is -2.50. The van der Waals surface area contributed by atoms with Crippen LogP contribution in [0.3, 0.4) is 0 Å². The van der Waals surface area contributed by atoms with Gasteiger partial charge in [-0.1, -0.05) is 5.16 Å². The van der Waals surface area contributed by atoms with Crippen molar-refractivity contribution < 1.29 is 13.7 Å². The van der Waals surface area contributed by atoms with Crippen molar-refractivity contribution in [2.75, 3.05) is 0 Å². The van der Waals surface area contributed by atoms with Gasteiger partial charge in [-0.15, -0.1) is 0 Å². The highest BCUT2D eigenvalue weighted by molar-refractivity contribution is 5.96. The van der Waals surface area contributed by atoms with Crippen molar-refractivity contribution >= 4 is 5.84 Å². The molecule has 2 aromatic rings. The molecule has 0 bridgehead atoms. The zero-order chi connectivity index (χ0) is 15.6. The topological polar surface area (TPSA) is 84.4 Å². The second-order valence-electron chi connectivity index (χ2n) is 3.50. The first kappa shape index (κ1) is 8.57. The van der Waals surface area contributed by atoms with E-state index in [1.165, 1.54) is 24.4 Å². The Kier molecular flexibility index (Phi) is 2.28. The lowest BCUT2D eigenvalue weighted by molar-refractivity contribution is 0.318. The Morgan fingerprint density at radius 2 is 2.22 bits per heavy atom. The van der Waals surface area contributed by atoms with Crippen LogP contribution in [-0.2, 0) is 0 Å². The number of aryl methyl sites for hydroxylation is 1. The molecule has 0 aliphatic carbocycles. The van der Waals surface area contributed by atoms with Crippen LogP contribution in [0.2, 0.25) is 0 Å². The molecule has 92 valence electrons. The number of pyridine rings is 2. The van der Waals surface area contributed by atoms with Crippen molar-refractivity contribution in [2.24, 2.45) is 10.9 Å². The first-order valence-electron chi connectivity index (χ1n) is 6.42. The minimum Gasteiger partial charge on any atom is -0.409 e. The molecular formula is C12H11FN4O. The van der Waals surface area contributed by atoms with Crippen LogP contribution in [0.4, 0.5) is 4.39 Å². The Morgan fingerprint density at radius 3 is 2.89 bits per heavy atom. The molecule has 0 atom stereocenters. The van der Waals surface area contributed by atoms with E-state index in [4.69, 9.17) is 15.1 Å². The van der Waals surface area contributed by atoms with E-state index in [1.54, 1.807) is 0 Å². The lowest BCUT2D eigenvalue weighted by atomic mass is 10.1. The molecule has 0 aromatic carbocycles. The van der Waals surface area contributed by atoms with Crippen LogP contribution in [0, 0.1) is 12.7 Å². The van der Waals surface area contributed by atoms with Gasteiger partial charge in [0.1, 0.15) is 11.5 Å². The average molecular weight is 249 g/mol. The number of rotatable bonds is 2. The second-order valence-corrected chi connectivity index (χ2v) is 3.50. The van der Waals surface area contributed by atoms with E-state index < -0.39 is 12.7 Å². The molecule has 18 heavy (non-hydrogen) atoms. The summed E-state index contributed by atoms with van der Waals surface area (Å²) in [5.74, 6) is -0.906. The molecule has 2 aromatic heterocycles. The number of hydrogen-bond donors (Lipinski definition) is 2. The summed E-state index contributed by atoms with van der Waals surface area (Å²) >= 11 is 0. The molecule has 0 saturated carbocycles. The molecule has 0 saturated heterocycles. The van der Waals surface area contributed by atoms with E-state index >= 15 is 0 Å². The van der Waals surface area contributed by atoms with Gasteiger partial charge in [0.15, 0.2) is 5.84 Å². The Bertz CT molecular complexity index is 703. The molecule has 0 unspecified atom stereocenters. The van der Waals surface area contributed by atoms with Crippen molar-refractivity contribution in [3.8, 4) is 11.1 Å². The van der Waals surface area contributed by atoms with Crippen LogP contribution in [0.1, 0.15) is 15.5 Å². The van der Waals surface area contributed by atoms with Crippen LogP contribution in [0.15, 0.2) is 35.7 Å². The van der Waals surface area contributed by atoms with Crippen LogP contribution < -0.4 is 5.73 Å². The van der Waals surface area contributed by atoms with Crippen LogP contribution in [-0.4, -0.2) is 21.0 Å². The first-order valence-corrected chi connectivity index (χ1v) is 4.92. The van der Waals surface area contributed by atoms with Crippen molar-refractivity contribution in [3.05, 3.63) is 47.8 Å². The van der Waals surface area contributed by atoms with E-state index in [-0.39, 0.29) is 17.2 Å². The minimum absolute atomic E-state index is 0.0228. The lowest BCUT2D eigenvalue weighted by Gasteiger charge is -2.06. The summed E-state index contributed by atoms with van der Waals surface area (Å²) in [6, 6.07) is 3.88. The van der Waals surface area contributed by atoms with Crippen molar-refractivity contribution in [1.29, 1.82) is 0 Å². The molecule has 0 radical (unpaired) electrons. The van der Waals surface area contributed by atoms with Gasteiger partial charge in [-0.25, -0.2) is 9.37 Å². The SMILES string of the molecule is [2H]C([2H])([2H])c1cc(-c2cncc(F)c2)cc(/C(N)=N/O)n1. The fourth-order valence-corrected chi connectivity index (χ4v) is 1.45. The van der Waals surface area contributed by atoms with Crippen molar-refractivity contribution in [3.63, 3.8) is 0 Å². The number of aromatic nitrogens is 2. The van der Waals surface area contributed by atoms with Crippen LogP contribution in [0.5, 0.6) is 0 Å². The maximum atomic E-state index is 13.2. The summed E-state index contributed by atoms with van der Waals surface area (Å²) in [6.07, 6.45) is 2.40. The summed E-state index contributed by atoms with van der Waals surface area (Å²) in [5, 5.41) is 11.5. The number of amidine groups is 1. The van der Waals surface area contributed by atoms with Crippen molar-refractivity contribution in [1.82, 2.24) is 9.97 Å². The molecule has 6 heteroatoms. The van der Waals surface area contributed by atoms with Gasteiger partial charge < -0.3 is 10.9 Å². The third kappa shape index (κ3) is 2.42. The molecule has 0 fully saturated rings. The van der Waals surface area contributed by atoms with Gasteiger partial charge in [0.05, 0.1) is 6.20 Å². The smallest absolute Gasteiger partial charge is 0.188 e. The van der Waals surface area contributed by atoms with E-state index in [0.717, 1.165) is 6.20 Å². The third-order valence-electron chi connectivity index (χ3n) is 2.23. The highest BCUT2D eigenvalue weighted by Gasteiger charge is 2.07. The average Bonchev–Trinajstić information content (AvgIpc) is 2.45. The normalized spacial score (nSPS) is 14.7. The summed E-state index contributed by atoms with van der Waals surface area (Å²) in [5.41, 5.74) is 5.89. The molecule has 3 N–H and O–H groups in total. The Morgan fingerprint density at radius 1 is 1.39 bits per heavy atom. The van der Waals surface area contributed by atoms with Crippen LogP contribution in [0.25, 0.3) is 11.1 Å². The van der Waals surface area contributed by atoms with Crippen molar-refractivity contribution in [2.45, 2.75) is 6.85 Å². The molecule has 0 spiro atoms. The Labute approximate surface area is 107 Å². The number of oxime groups is 1. The fraction of sp³-hybridized carbons (Fsp3) is 0.0833. The van der Waals surface area contributed by atoms with Gasteiger partial charge >= 0.3 is 0 Å². The summed E-state index contributed by atoms with van der Waals surface area (Å²) in [6.45, 7) is -2.48. The van der Waals surface area contributed by atoms with E-state index in [0.29, 0.717) is 11.1 Å². The van der Waals surface area contributed by atoms with E-state index in [1.807, 2.05) is 0 Å². The zero-order valence-electron chi connectivity index (χ0n) is 12.1. The first-order chi connectivity index (χ1) is 9.81. The quantitative estimate of drug-likeness (QED) is 0.367. The maximum Gasteiger partial charge on any atom is 0.188 e. The lowest BCUT2D eigenvalue weighted by Crippen LogP contribution is -2.15. The predicted octanol–water partition coefficient (Wildman–Crippen LogP) is 1.69. The van der Waals surface area contributed by atoms with Gasteiger partial charge in [0, 0.05) is 21.6 Å². The van der Waals surface area contributed by atoms with E-state index in [9.17, 15) is 4.39 Å². The highest BCUT2D eigenvalue weighted by atomic mass is 19.1.